The van der Waals surface area contributed by atoms with E-state index in [9.17, 15) is 9.59 Å². The molecule has 0 saturated carbocycles. The van der Waals surface area contributed by atoms with E-state index in [4.69, 9.17) is 26.2 Å². The number of rotatable bonds is 7. The minimum Gasteiger partial charge on any atom is -0.490 e. The number of hydrogen-bond acceptors (Lipinski definition) is 5. The maximum atomic E-state index is 12.9. The van der Waals surface area contributed by atoms with Crippen LogP contribution in [-0.2, 0) is 9.59 Å². The third-order valence-corrected chi connectivity index (χ3v) is 4.39. The number of hydrazone groups is 1. The van der Waals surface area contributed by atoms with Gasteiger partial charge in [-0.25, -0.2) is 4.79 Å². The van der Waals surface area contributed by atoms with Crippen molar-refractivity contribution in [3.8, 4) is 11.5 Å². The number of nitrogens with zero attached hydrogens (tertiary/aromatic N) is 2. The molecular weight excluding hydrogens is 396 g/mol. The van der Waals surface area contributed by atoms with Gasteiger partial charge in [0.1, 0.15) is 0 Å². The lowest BCUT2D eigenvalue weighted by Gasteiger charge is -2.13. The second-order valence-corrected chi connectivity index (χ2v) is 6.54. The molecule has 0 aromatic heterocycles. The summed E-state index contributed by atoms with van der Waals surface area (Å²) in [5.41, 5.74) is 2.18. The Labute approximate surface area is 172 Å². The predicted molar refractivity (Wildman–Crippen MR) is 111 cm³/mol. The normalized spacial score (nSPS) is 14.9. The van der Waals surface area contributed by atoms with Gasteiger partial charge in [-0.05, 0) is 49.8 Å². The van der Waals surface area contributed by atoms with Gasteiger partial charge in [-0.1, -0.05) is 29.8 Å². The molecule has 0 saturated heterocycles. The minimum atomic E-state index is -1.08. The van der Waals surface area contributed by atoms with Crippen molar-refractivity contribution in [3.63, 3.8) is 0 Å². The first-order chi connectivity index (χ1) is 13.9. The molecule has 150 valence electrons. The molecule has 0 aliphatic carbocycles. The van der Waals surface area contributed by atoms with E-state index in [0.717, 1.165) is 0 Å². The number of halogens is 1. The van der Waals surface area contributed by atoms with Crippen molar-refractivity contribution in [2.75, 3.05) is 18.2 Å². The van der Waals surface area contributed by atoms with Gasteiger partial charge in [0, 0.05) is 0 Å². The SMILES string of the molecule is CCOc1cc(/C=C2\C(=O)N(c3ccccc3Cl)N=C2C)ccc1OCC(=O)O. The molecule has 2 aromatic rings. The Morgan fingerprint density at radius 1 is 1.21 bits per heavy atom. The van der Waals surface area contributed by atoms with E-state index in [0.29, 0.717) is 45.7 Å². The zero-order valence-electron chi connectivity index (χ0n) is 15.9. The van der Waals surface area contributed by atoms with E-state index in [1.807, 2.05) is 6.92 Å². The predicted octanol–water partition coefficient (Wildman–Crippen LogP) is 4.01. The van der Waals surface area contributed by atoms with Crippen molar-refractivity contribution in [1.82, 2.24) is 0 Å². The number of benzene rings is 2. The van der Waals surface area contributed by atoms with E-state index in [2.05, 4.69) is 5.10 Å². The Morgan fingerprint density at radius 3 is 2.66 bits per heavy atom. The number of hydrogen-bond donors (Lipinski definition) is 1. The van der Waals surface area contributed by atoms with E-state index in [1.54, 1.807) is 55.5 Å². The molecule has 1 N–H and O–H groups in total. The number of carboxylic acid groups (broad SMARTS) is 1. The summed E-state index contributed by atoms with van der Waals surface area (Å²) in [5.74, 6) is -0.662. The Morgan fingerprint density at radius 2 is 1.97 bits per heavy atom. The van der Waals surface area contributed by atoms with Crippen LogP contribution in [0.3, 0.4) is 0 Å². The lowest BCUT2D eigenvalue weighted by Crippen LogP contribution is -2.21. The zero-order valence-corrected chi connectivity index (χ0v) is 16.6. The number of carbonyl (C=O) groups is 2. The van der Waals surface area contributed by atoms with Crippen molar-refractivity contribution in [3.05, 3.63) is 58.6 Å². The molecule has 3 rings (SSSR count). The van der Waals surface area contributed by atoms with Crippen molar-refractivity contribution in [2.24, 2.45) is 5.10 Å². The van der Waals surface area contributed by atoms with Gasteiger partial charge in [0.05, 0.1) is 28.6 Å². The number of anilines is 1. The maximum absolute atomic E-state index is 12.9. The van der Waals surface area contributed by atoms with E-state index >= 15 is 0 Å². The van der Waals surface area contributed by atoms with Crippen LogP contribution in [0.4, 0.5) is 5.69 Å². The summed E-state index contributed by atoms with van der Waals surface area (Å²) < 4.78 is 10.8. The van der Waals surface area contributed by atoms with E-state index in [-0.39, 0.29) is 5.91 Å². The molecule has 8 heteroatoms. The zero-order chi connectivity index (χ0) is 21.0. The largest absolute Gasteiger partial charge is 0.490 e. The van der Waals surface area contributed by atoms with Gasteiger partial charge in [0.15, 0.2) is 18.1 Å². The van der Waals surface area contributed by atoms with E-state index < -0.39 is 12.6 Å². The van der Waals surface area contributed by atoms with Crippen molar-refractivity contribution in [2.45, 2.75) is 13.8 Å². The monoisotopic (exact) mass is 414 g/mol. The highest BCUT2D eigenvalue weighted by Gasteiger charge is 2.29. The third-order valence-electron chi connectivity index (χ3n) is 4.07. The smallest absolute Gasteiger partial charge is 0.341 e. The molecule has 1 aliphatic heterocycles. The van der Waals surface area contributed by atoms with Gasteiger partial charge in [-0.15, -0.1) is 0 Å². The first-order valence-corrected chi connectivity index (χ1v) is 9.26. The Bertz CT molecular complexity index is 1020. The molecule has 1 heterocycles. The number of carboxylic acids is 1. The van der Waals surface area contributed by atoms with Gasteiger partial charge in [-0.2, -0.15) is 10.1 Å². The van der Waals surface area contributed by atoms with Gasteiger partial charge in [-0.3, -0.25) is 4.79 Å². The lowest BCUT2D eigenvalue weighted by molar-refractivity contribution is -0.139. The average molecular weight is 415 g/mol. The van der Waals surface area contributed by atoms with Gasteiger partial charge < -0.3 is 14.6 Å². The van der Waals surface area contributed by atoms with Crippen LogP contribution in [0.15, 0.2) is 53.1 Å². The highest BCUT2D eigenvalue weighted by Crippen LogP contribution is 2.32. The first kappa shape index (κ1) is 20.4. The Kier molecular flexibility index (Phi) is 6.19. The van der Waals surface area contributed by atoms with Crippen molar-refractivity contribution < 1.29 is 24.2 Å². The molecular formula is C21H19ClN2O5. The summed E-state index contributed by atoms with van der Waals surface area (Å²) in [7, 11) is 0. The fraction of sp³-hybridized carbons (Fsp3) is 0.190. The minimum absolute atomic E-state index is 0.292. The molecule has 2 aromatic carbocycles. The molecule has 7 nitrogen and oxygen atoms in total. The fourth-order valence-electron chi connectivity index (χ4n) is 2.78. The lowest BCUT2D eigenvalue weighted by atomic mass is 10.1. The van der Waals surface area contributed by atoms with Crippen molar-refractivity contribution in [1.29, 1.82) is 0 Å². The second kappa shape index (κ2) is 8.79. The van der Waals surface area contributed by atoms with E-state index in [1.165, 1.54) is 5.01 Å². The molecule has 0 bridgehead atoms. The number of amides is 1. The van der Waals surface area contributed by atoms with Crippen LogP contribution in [0.2, 0.25) is 5.02 Å². The van der Waals surface area contributed by atoms with Crippen LogP contribution >= 0.6 is 11.6 Å². The Balaban J connectivity index is 1.90. The van der Waals surface area contributed by atoms with Gasteiger partial charge >= 0.3 is 5.97 Å². The topological polar surface area (TPSA) is 88.4 Å². The molecule has 29 heavy (non-hydrogen) atoms. The molecule has 0 spiro atoms. The van der Waals surface area contributed by atoms with Crippen LogP contribution in [0.1, 0.15) is 19.4 Å². The highest BCUT2D eigenvalue weighted by atomic mass is 35.5. The first-order valence-electron chi connectivity index (χ1n) is 8.88. The molecule has 0 fully saturated rings. The average Bonchev–Trinajstić information content (AvgIpc) is 2.96. The molecule has 1 aliphatic rings. The molecule has 0 atom stereocenters. The second-order valence-electron chi connectivity index (χ2n) is 6.13. The standard InChI is InChI=1S/C21H19ClN2O5/c1-3-28-19-11-14(8-9-18(19)29-12-20(25)26)10-15-13(2)23-24(21(15)27)17-7-5-4-6-16(17)22/h4-11H,3,12H2,1-2H3,(H,25,26)/b15-10-. The maximum Gasteiger partial charge on any atom is 0.341 e. The number of carbonyl (C=O) groups excluding carboxylic acids is 1. The summed E-state index contributed by atoms with van der Waals surface area (Å²) >= 11 is 6.20. The fourth-order valence-corrected chi connectivity index (χ4v) is 3.00. The molecule has 0 unspecified atom stereocenters. The number of ether oxygens (including phenoxy) is 2. The van der Waals surface area contributed by atoms with Crippen LogP contribution < -0.4 is 14.5 Å². The summed E-state index contributed by atoms with van der Waals surface area (Å²) in [6.45, 7) is 3.46. The van der Waals surface area contributed by atoms with Crippen molar-refractivity contribution >= 4 is 41.0 Å². The van der Waals surface area contributed by atoms with Gasteiger partial charge in [0.25, 0.3) is 5.91 Å². The summed E-state index contributed by atoms with van der Waals surface area (Å²) in [4.78, 5) is 23.6. The third kappa shape index (κ3) is 4.57. The number of para-hydroxylation sites is 1. The summed E-state index contributed by atoms with van der Waals surface area (Å²) in [6.07, 6.45) is 1.70. The molecule has 1 amide bonds. The van der Waals surface area contributed by atoms with Crippen LogP contribution in [-0.4, -0.2) is 35.9 Å². The number of aliphatic carboxylic acids is 1. The van der Waals surface area contributed by atoms with Crippen LogP contribution in [0, 0.1) is 0 Å². The van der Waals surface area contributed by atoms with Crippen LogP contribution in [0.25, 0.3) is 6.08 Å². The highest BCUT2D eigenvalue weighted by molar-refractivity contribution is 6.37. The quantitative estimate of drug-likeness (QED) is 0.691. The summed E-state index contributed by atoms with van der Waals surface area (Å²) in [6, 6.07) is 12.0. The molecule has 0 radical (unpaired) electrons. The van der Waals surface area contributed by atoms with Gasteiger partial charge in [0.2, 0.25) is 0 Å². The van der Waals surface area contributed by atoms with Crippen LogP contribution in [0.5, 0.6) is 11.5 Å². The summed E-state index contributed by atoms with van der Waals surface area (Å²) in [5, 5.41) is 14.8. The Hall–Kier alpha value is -3.32.